The van der Waals surface area contributed by atoms with Crippen molar-refractivity contribution in [2.45, 2.75) is 6.92 Å². The quantitative estimate of drug-likeness (QED) is 0.755. The minimum absolute atomic E-state index is 0.136. The number of aromatic nitrogens is 3. The zero-order valence-electron chi connectivity index (χ0n) is 15.0. The largest absolute Gasteiger partial charge is 0.368 e. The molecule has 0 bridgehead atoms. The summed E-state index contributed by atoms with van der Waals surface area (Å²) >= 11 is 1.32. The van der Waals surface area contributed by atoms with Gasteiger partial charge in [-0.05, 0) is 36.8 Å². The van der Waals surface area contributed by atoms with Crippen LogP contribution in [0.4, 0.5) is 15.6 Å². The molecule has 138 valence electrons. The van der Waals surface area contributed by atoms with Gasteiger partial charge in [0.2, 0.25) is 5.13 Å². The van der Waals surface area contributed by atoms with E-state index >= 15 is 0 Å². The summed E-state index contributed by atoms with van der Waals surface area (Å²) < 4.78 is 0. The fourth-order valence-corrected chi connectivity index (χ4v) is 3.74. The highest BCUT2D eigenvalue weighted by Crippen LogP contribution is 2.25. The van der Waals surface area contributed by atoms with Crippen molar-refractivity contribution in [3.05, 3.63) is 54.2 Å². The maximum absolute atomic E-state index is 12.5. The number of anilines is 2. The highest BCUT2D eigenvalue weighted by molar-refractivity contribution is 7.18. The molecule has 3 heterocycles. The number of pyridine rings is 1. The third kappa shape index (κ3) is 4.06. The first kappa shape index (κ1) is 17.4. The smallest absolute Gasteiger partial charge is 0.323 e. The molecule has 27 heavy (non-hydrogen) atoms. The molecule has 2 amide bonds. The average Bonchev–Trinajstić information content (AvgIpc) is 3.17. The number of nitrogens with zero attached hydrogens (tertiary/aromatic N) is 5. The van der Waals surface area contributed by atoms with Crippen molar-refractivity contribution in [3.8, 4) is 10.7 Å². The topological polar surface area (TPSA) is 74.2 Å². The normalized spacial score (nSPS) is 14.3. The van der Waals surface area contributed by atoms with Crippen LogP contribution in [0.2, 0.25) is 0 Å². The molecule has 2 aromatic heterocycles. The molecule has 0 saturated carbocycles. The van der Waals surface area contributed by atoms with Crippen LogP contribution in [0.15, 0.2) is 48.7 Å². The summed E-state index contributed by atoms with van der Waals surface area (Å²) in [6, 6.07) is 13.9. The van der Waals surface area contributed by atoms with Crippen molar-refractivity contribution in [1.29, 1.82) is 0 Å². The van der Waals surface area contributed by atoms with Crippen LogP contribution in [-0.2, 0) is 0 Å². The first-order valence-corrected chi connectivity index (χ1v) is 9.63. The molecule has 1 saturated heterocycles. The molecule has 7 nitrogen and oxygen atoms in total. The van der Waals surface area contributed by atoms with Crippen LogP contribution in [0.25, 0.3) is 10.7 Å². The number of amides is 2. The second-order valence-electron chi connectivity index (χ2n) is 6.37. The Morgan fingerprint density at radius 1 is 1.07 bits per heavy atom. The standard InChI is InChI=1S/C19H20N6OS/c1-14-5-4-6-15(13-14)24-9-11-25(12-10-24)19(26)21-18-23-22-17(27-18)16-7-2-3-8-20-16/h2-8,13H,9-12H2,1H3,(H,21,23,26). The van der Waals surface area contributed by atoms with Crippen molar-refractivity contribution >= 4 is 28.2 Å². The van der Waals surface area contributed by atoms with Crippen molar-refractivity contribution in [3.63, 3.8) is 0 Å². The first-order valence-electron chi connectivity index (χ1n) is 8.81. The van der Waals surface area contributed by atoms with E-state index in [1.54, 1.807) is 6.20 Å². The second-order valence-corrected chi connectivity index (χ2v) is 7.35. The van der Waals surface area contributed by atoms with E-state index in [0.29, 0.717) is 23.2 Å². The molecule has 1 fully saturated rings. The number of carbonyl (C=O) groups is 1. The van der Waals surface area contributed by atoms with Crippen molar-refractivity contribution in [1.82, 2.24) is 20.1 Å². The third-order valence-corrected chi connectivity index (χ3v) is 5.32. The van der Waals surface area contributed by atoms with E-state index in [1.165, 1.54) is 22.6 Å². The molecule has 0 unspecified atom stereocenters. The van der Waals surface area contributed by atoms with Crippen LogP contribution in [0, 0.1) is 6.92 Å². The lowest BCUT2D eigenvalue weighted by atomic mass is 10.2. The van der Waals surface area contributed by atoms with E-state index in [2.05, 4.69) is 56.6 Å². The molecule has 3 aromatic rings. The monoisotopic (exact) mass is 380 g/mol. The van der Waals surface area contributed by atoms with Crippen LogP contribution < -0.4 is 10.2 Å². The Bertz CT molecular complexity index is 921. The number of hydrogen-bond donors (Lipinski definition) is 1. The first-order chi connectivity index (χ1) is 13.2. The Morgan fingerprint density at radius 2 is 1.93 bits per heavy atom. The second kappa shape index (κ2) is 7.71. The van der Waals surface area contributed by atoms with Gasteiger partial charge in [-0.25, -0.2) is 4.79 Å². The molecule has 1 aliphatic heterocycles. The Morgan fingerprint density at radius 3 is 2.67 bits per heavy atom. The van der Waals surface area contributed by atoms with Crippen LogP contribution in [0.5, 0.6) is 0 Å². The minimum Gasteiger partial charge on any atom is -0.368 e. The lowest BCUT2D eigenvalue weighted by Gasteiger charge is -2.36. The van der Waals surface area contributed by atoms with Crippen LogP contribution in [-0.4, -0.2) is 52.3 Å². The van der Waals surface area contributed by atoms with Crippen molar-refractivity contribution < 1.29 is 4.79 Å². The number of urea groups is 1. The third-order valence-electron chi connectivity index (χ3n) is 4.46. The van der Waals surface area contributed by atoms with Gasteiger partial charge in [0.15, 0.2) is 5.01 Å². The van der Waals surface area contributed by atoms with Gasteiger partial charge in [-0.1, -0.05) is 29.5 Å². The molecule has 1 aliphatic rings. The van der Waals surface area contributed by atoms with Crippen LogP contribution in [0.1, 0.15) is 5.56 Å². The number of nitrogens with one attached hydrogen (secondary N) is 1. The maximum Gasteiger partial charge on any atom is 0.323 e. The minimum atomic E-state index is -0.136. The summed E-state index contributed by atoms with van der Waals surface area (Å²) in [5.74, 6) is 0. The predicted molar refractivity (Wildman–Crippen MR) is 107 cm³/mol. The fraction of sp³-hybridized carbons (Fsp3) is 0.263. The van der Waals surface area contributed by atoms with Crippen molar-refractivity contribution in [2.24, 2.45) is 0 Å². The van der Waals surface area contributed by atoms with Gasteiger partial charge < -0.3 is 9.80 Å². The van der Waals surface area contributed by atoms with Gasteiger partial charge in [-0.2, -0.15) is 0 Å². The number of aryl methyl sites for hydroxylation is 1. The van der Waals surface area contributed by atoms with E-state index < -0.39 is 0 Å². The summed E-state index contributed by atoms with van der Waals surface area (Å²) in [6.07, 6.45) is 1.71. The number of carbonyl (C=O) groups excluding carboxylic acids is 1. The van der Waals surface area contributed by atoms with Crippen LogP contribution >= 0.6 is 11.3 Å². The van der Waals surface area contributed by atoms with Gasteiger partial charge >= 0.3 is 6.03 Å². The van der Waals surface area contributed by atoms with Gasteiger partial charge in [0.25, 0.3) is 0 Å². The van der Waals surface area contributed by atoms with Gasteiger partial charge in [-0.3, -0.25) is 10.3 Å². The van der Waals surface area contributed by atoms with E-state index in [0.717, 1.165) is 18.8 Å². The molecule has 4 rings (SSSR count). The Hall–Kier alpha value is -3.00. The van der Waals surface area contributed by atoms with Gasteiger partial charge in [0.05, 0.1) is 0 Å². The fourth-order valence-electron chi connectivity index (χ4n) is 3.03. The molecule has 0 aliphatic carbocycles. The van der Waals surface area contributed by atoms with Crippen LogP contribution in [0.3, 0.4) is 0 Å². The molecule has 1 aromatic carbocycles. The molecule has 0 spiro atoms. The molecular weight excluding hydrogens is 360 g/mol. The summed E-state index contributed by atoms with van der Waals surface area (Å²) in [4.78, 5) is 20.9. The molecule has 1 N–H and O–H groups in total. The highest BCUT2D eigenvalue weighted by atomic mass is 32.1. The zero-order chi connectivity index (χ0) is 18.6. The summed E-state index contributed by atoms with van der Waals surface area (Å²) in [5, 5.41) is 12.2. The summed E-state index contributed by atoms with van der Waals surface area (Å²) in [6.45, 7) is 5.06. The van der Waals surface area contributed by atoms with E-state index in [-0.39, 0.29) is 6.03 Å². The number of piperazine rings is 1. The van der Waals surface area contributed by atoms with E-state index in [9.17, 15) is 4.79 Å². The Labute approximate surface area is 161 Å². The number of benzene rings is 1. The predicted octanol–water partition coefficient (Wildman–Crippen LogP) is 3.26. The van der Waals surface area contributed by atoms with E-state index in [4.69, 9.17) is 0 Å². The summed E-state index contributed by atoms with van der Waals surface area (Å²) in [7, 11) is 0. The lowest BCUT2D eigenvalue weighted by Crippen LogP contribution is -2.50. The summed E-state index contributed by atoms with van der Waals surface area (Å²) in [5.41, 5.74) is 3.20. The SMILES string of the molecule is Cc1cccc(N2CCN(C(=O)Nc3nnc(-c4ccccn4)s3)CC2)c1. The molecule has 0 radical (unpaired) electrons. The van der Waals surface area contributed by atoms with Crippen molar-refractivity contribution in [2.75, 3.05) is 36.4 Å². The molecular formula is C19H20N6OS. The Kier molecular flexibility index (Phi) is 4.97. The Balaban J connectivity index is 1.34. The van der Waals surface area contributed by atoms with Gasteiger partial charge in [0, 0.05) is 38.1 Å². The van der Waals surface area contributed by atoms with Gasteiger partial charge in [0.1, 0.15) is 5.69 Å². The molecule has 0 atom stereocenters. The lowest BCUT2D eigenvalue weighted by molar-refractivity contribution is 0.208. The maximum atomic E-state index is 12.5. The zero-order valence-corrected chi connectivity index (χ0v) is 15.8. The number of rotatable bonds is 3. The number of hydrogen-bond acceptors (Lipinski definition) is 6. The molecule has 8 heteroatoms. The highest BCUT2D eigenvalue weighted by Gasteiger charge is 2.22. The van der Waals surface area contributed by atoms with E-state index in [1.807, 2.05) is 23.1 Å². The average molecular weight is 380 g/mol. The van der Waals surface area contributed by atoms with Gasteiger partial charge in [-0.15, -0.1) is 10.2 Å².